The zero-order valence-electron chi connectivity index (χ0n) is 10.8. The second-order valence-corrected chi connectivity index (χ2v) is 4.85. The highest BCUT2D eigenvalue weighted by molar-refractivity contribution is 7.99. The maximum Gasteiger partial charge on any atom is 0.248 e. The number of benzene rings is 1. The largest absolute Gasteiger partial charge is 0.368 e. The van der Waals surface area contributed by atoms with Crippen molar-refractivity contribution in [1.29, 1.82) is 0 Å². The molecule has 0 radical (unpaired) electrons. The molecule has 2 amide bonds. The third-order valence-electron chi connectivity index (χ3n) is 2.35. The molecule has 0 fully saturated rings. The summed E-state index contributed by atoms with van der Waals surface area (Å²) in [5.41, 5.74) is 11.5. The number of primary amides is 1. The molecular weight excluding hydrogens is 292 g/mol. The van der Waals surface area contributed by atoms with Crippen molar-refractivity contribution >= 4 is 35.2 Å². The van der Waals surface area contributed by atoms with Crippen LogP contribution in [0.15, 0.2) is 35.7 Å². The van der Waals surface area contributed by atoms with Crippen LogP contribution in [0.1, 0.15) is 10.4 Å². The molecule has 1 aromatic heterocycles. The van der Waals surface area contributed by atoms with E-state index in [2.05, 4.69) is 20.3 Å². The van der Waals surface area contributed by atoms with E-state index >= 15 is 0 Å². The van der Waals surface area contributed by atoms with E-state index in [1.165, 1.54) is 18.5 Å². The van der Waals surface area contributed by atoms with Gasteiger partial charge < -0.3 is 16.8 Å². The molecule has 0 saturated heterocycles. The van der Waals surface area contributed by atoms with Gasteiger partial charge in [-0.05, 0) is 24.3 Å². The summed E-state index contributed by atoms with van der Waals surface area (Å²) >= 11 is 1.14. The van der Waals surface area contributed by atoms with Gasteiger partial charge in [0.1, 0.15) is 6.33 Å². The fraction of sp³-hybridized carbons (Fsp3) is 0.0833. The number of hydrogen-bond donors (Lipinski definition) is 3. The molecule has 1 heterocycles. The van der Waals surface area contributed by atoms with E-state index in [1.807, 2.05) is 0 Å². The summed E-state index contributed by atoms with van der Waals surface area (Å²) in [6.07, 6.45) is 1.28. The van der Waals surface area contributed by atoms with Crippen LogP contribution in [-0.2, 0) is 4.79 Å². The monoisotopic (exact) mass is 304 g/mol. The quantitative estimate of drug-likeness (QED) is 0.675. The van der Waals surface area contributed by atoms with E-state index in [0.29, 0.717) is 16.4 Å². The number of rotatable bonds is 5. The molecule has 0 aliphatic carbocycles. The number of amides is 2. The Kier molecular flexibility index (Phi) is 4.67. The second kappa shape index (κ2) is 6.66. The Morgan fingerprint density at radius 2 is 1.90 bits per heavy atom. The fourth-order valence-corrected chi connectivity index (χ4v) is 2.02. The average molecular weight is 304 g/mol. The summed E-state index contributed by atoms with van der Waals surface area (Å²) in [6.45, 7) is 0. The molecule has 0 unspecified atom stereocenters. The summed E-state index contributed by atoms with van der Waals surface area (Å²) in [7, 11) is 0. The summed E-state index contributed by atoms with van der Waals surface area (Å²) in [5.74, 6) is -0.516. The highest BCUT2D eigenvalue weighted by Gasteiger charge is 2.07. The average Bonchev–Trinajstić information content (AvgIpc) is 2.46. The van der Waals surface area contributed by atoms with Crippen LogP contribution in [0.5, 0.6) is 0 Å². The van der Waals surface area contributed by atoms with Gasteiger partial charge in [0.2, 0.25) is 17.8 Å². The number of nitrogen functional groups attached to an aromatic ring is 1. The van der Waals surface area contributed by atoms with Crippen molar-refractivity contribution in [3.63, 3.8) is 0 Å². The van der Waals surface area contributed by atoms with E-state index < -0.39 is 5.91 Å². The Morgan fingerprint density at radius 1 is 1.19 bits per heavy atom. The summed E-state index contributed by atoms with van der Waals surface area (Å²) < 4.78 is 0. The van der Waals surface area contributed by atoms with Gasteiger partial charge in [-0.1, -0.05) is 11.8 Å². The van der Waals surface area contributed by atoms with Crippen molar-refractivity contribution in [2.75, 3.05) is 16.8 Å². The molecule has 0 atom stereocenters. The summed E-state index contributed by atoms with van der Waals surface area (Å²) in [6, 6.07) is 6.28. The molecule has 2 rings (SSSR count). The number of nitrogens with one attached hydrogen (secondary N) is 1. The van der Waals surface area contributed by atoms with E-state index in [9.17, 15) is 9.59 Å². The van der Waals surface area contributed by atoms with Gasteiger partial charge in [-0.3, -0.25) is 9.59 Å². The minimum Gasteiger partial charge on any atom is -0.368 e. The highest BCUT2D eigenvalue weighted by atomic mass is 32.2. The Hall–Kier alpha value is -2.68. The number of carbonyl (C=O) groups excluding carboxylic acids is 2. The molecular formula is C12H12N6O2S. The highest BCUT2D eigenvalue weighted by Crippen LogP contribution is 2.14. The Balaban J connectivity index is 1.88. The smallest absolute Gasteiger partial charge is 0.248 e. The third-order valence-corrected chi connectivity index (χ3v) is 3.22. The molecule has 108 valence electrons. The van der Waals surface area contributed by atoms with E-state index in [-0.39, 0.29) is 17.6 Å². The van der Waals surface area contributed by atoms with Crippen molar-refractivity contribution in [3.05, 3.63) is 36.2 Å². The van der Waals surface area contributed by atoms with Gasteiger partial charge in [-0.2, -0.15) is 4.98 Å². The van der Waals surface area contributed by atoms with E-state index in [1.54, 1.807) is 12.1 Å². The SMILES string of the molecule is NC(=O)c1ccc(NC(=O)CSc2ncnc(N)n2)cc1. The predicted molar refractivity (Wildman–Crippen MR) is 78.6 cm³/mol. The van der Waals surface area contributed by atoms with Crippen molar-refractivity contribution < 1.29 is 9.59 Å². The number of carbonyl (C=O) groups is 2. The van der Waals surface area contributed by atoms with Crippen LogP contribution in [0.25, 0.3) is 0 Å². The maximum atomic E-state index is 11.8. The fourth-order valence-electron chi connectivity index (χ4n) is 1.41. The van der Waals surface area contributed by atoms with Crippen molar-refractivity contribution in [2.45, 2.75) is 5.16 Å². The molecule has 0 spiro atoms. The number of hydrogen-bond acceptors (Lipinski definition) is 7. The van der Waals surface area contributed by atoms with Gasteiger partial charge in [0.05, 0.1) is 5.75 Å². The standard InChI is InChI=1S/C12H12N6O2S/c13-10(20)7-1-3-8(4-2-7)17-9(19)5-21-12-16-6-15-11(14)18-12/h1-4,6H,5H2,(H2,13,20)(H,17,19)(H2,14,15,16,18). The Bertz CT molecular complexity index is 661. The zero-order valence-corrected chi connectivity index (χ0v) is 11.6. The molecule has 0 saturated carbocycles. The zero-order chi connectivity index (χ0) is 15.2. The number of aromatic nitrogens is 3. The lowest BCUT2D eigenvalue weighted by Crippen LogP contribution is -2.15. The van der Waals surface area contributed by atoms with Crippen LogP contribution in [0.4, 0.5) is 11.6 Å². The van der Waals surface area contributed by atoms with Crippen LogP contribution < -0.4 is 16.8 Å². The molecule has 5 N–H and O–H groups in total. The minimum absolute atomic E-state index is 0.106. The summed E-state index contributed by atoms with van der Waals surface area (Å²) in [5, 5.41) is 3.06. The van der Waals surface area contributed by atoms with Gasteiger partial charge in [0.15, 0.2) is 5.16 Å². The molecule has 0 aliphatic rings. The number of nitrogens with two attached hydrogens (primary N) is 2. The van der Waals surface area contributed by atoms with Crippen LogP contribution in [0.3, 0.4) is 0 Å². The van der Waals surface area contributed by atoms with Crippen molar-refractivity contribution in [3.8, 4) is 0 Å². The number of nitrogens with zero attached hydrogens (tertiary/aromatic N) is 3. The lowest BCUT2D eigenvalue weighted by molar-refractivity contribution is -0.113. The first kappa shape index (κ1) is 14.7. The van der Waals surface area contributed by atoms with Crippen LogP contribution in [0.2, 0.25) is 0 Å². The van der Waals surface area contributed by atoms with E-state index in [4.69, 9.17) is 11.5 Å². The van der Waals surface area contributed by atoms with Gasteiger partial charge in [0.25, 0.3) is 0 Å². The number of thioether (sulfide) groups is 1. The van der Waals surface area contributed by atoms with Crippen molar-refractivity contribution in [2.24, 2.45) is 5.73 Å². The van der Waals surface area contributed by atoms with E-state index in [0.717, 1.165) is 11.8 Å². The third kappa shape index (κ3) is 4.42. The second-order valence-electron chi connectivity index (χ2n) is 3.90. The lowest BCUT2D eigenvalue weighted by atomic mass is 10.2. The lowest BCUT2D eigenvalue weighted by Gasteiger charge is -2.05. The summed E-state index contributed by atoms with van der Waals surface area (Å²) in [4.78, 5) is 34.1. The molecule has 0 bridgehead atoms. The van der Waals surface area contributed by atoms with Crippen LogP contribution in [0, 0.1) is 0 Å². The minimum atomic E-state index is -0.518. The molecule has 21 heavy (non-hydrogen) atoms. The number of anilines is 2. The molecule has 1 aromatic carbocycles. The van der Waals surface area contributed by atoms with Crippen LogP contribution in [-0.4, -0.2) is 32.5 Å². The molecule has 2 aromatic rings. The van der Waals surface area contributed by atoms with Crippen molar-refractivity contribution in [1.82, 2.24) is 15.0 Å². The Morgan fingerprint density at radius 3 is 2.52 bits per heavy atom. The predicted octanol–water partition coefficient (Wildman–Crippen LogP) is 0.283. The van der Waals surface area contributed by atoms with Gasteiger partial charge in [-0.15, -0.1) is 0 Å². The van der Waals surface area contributed by atoms with Crippen LogP contribution >= 0.6 is 11.8 Å². The Labute approximate surface area is 124 Å². The van der Waals surface area contributed by atoms with Gasteiger partial charge >= 0.3 is 0 Å². The maximum absolute atomic E-state index is 11.8. The first-order valence-corrected chi connectivity index (χ1v) is 6.80. The topological polar surface area (TPSA) is 137 Å². The van der Waals surface area contributed by atoms with Gasteiger partial charge in [-0.25, -0.2) is 9.97 Å². The first-order valence-electron chi connectivity index (χ1n) is 5.81. The molecule has 9 heteroatoms. The molecule has 8 nitrogen and oxygen atoms in total. The normalized spacial score (nSPS) is 10.1. The molecule has 0 aliphatic heterocycles. The first-order chi connectivity index (χ1) is 10.0. The van der Waals surface area contributed by atoms with Gasteiger partial charge in [0, 0.05) is 11.3 Å².